The Balaban J connectivity index is 1.67. The molecule has 0 saturated heterocycles. The Morgan fingerprint density at radius 2 is 1.59 bits per heavy atom. The summed E-state index contributed by atoms with van der Waals surface area (Å²) in [4.78, 5) is 24.7. The number of carbonyl (C=O) groups excluding carboxylic acids is 2. The third kappa shape index (κ3) is 8.68. The molecule has 3 aromatic rings. The summed E-state index contributed by atoms with van der Waals surface area (Å²) < 4.78 is 38.7. The molecular weight excluding hydrogens is 518 g/mol. The Kier molecular flexibility index (Phi) is 9.84. The lowest BCUT2D eigenvalue weighted by Gasteiger charge is -2.25. The van der Waals surface area contributed by atoms with Gasteiger partial charge in [0.15, 0.2) is 6.61 Å². The molecule has 1 amide bonds. The number of esters is 1. The lowest BCUT2D eigenvalue weighted by atomic mass is 10.1. The van der Waals surface area contributed by atoms with Crippen LogP contribution in [0.2, 0.25) is 0 Å². The maximum Gasteiger partial charge on any atom is 0.344 e. The second-order valence-electron chi connectivity index (χ2n) is 9.54. The maximum absolute atomic E-state index is 13.5. The van der Waals surface area contributed by atoms with Gasteiger partial charge in [-0.2, -0.15) is 5.10 Å². The fraction of sp³-hybridized carbons (Fsp3) is 0.276. The summed E-state index contributed by atoms with van der Waals surface area (Å²) >= 11 is 0. The van der Waals surface area contributed by atoms with Crippen molar-refractivity contribution in [2.45, 2.75) is 44.6 Å². The lowest BCUT2D eigenvalue weighted by molar-refractivity contribution is -0.157. The van der Waals surface area contributed by atoms with Crippen LogP contribution in [0.3, 0.4) is 0 Å². The van der Waals surface area contributed by atoms with Gasteiger partial charge in [0.1, 0.15) is 17.9 Å². The number of hydrogen-bond acceptors (Lipinski definition) is 7. The van der Waals surface area contributed by atoms with Gasteiger partial charge in [0.05, 0.1) is 16.8 Å². The maximum atomic E-state index is 13.5. The van der Waals surface area contributed by atoms with Crippen molar-refractivity contribution >= 4 is 33.8 Å². The van der Waals surface area contributed by atoms with Gasteiger partial charge in [0.25, 0.3) is 15.9 Å². The molecule has 0 aromatic heterocycles. The van der Waals surface area contributed by atoms with Crippen LogP contribution in [-0.4, -0.2) is 45.3 Å². The van der Waals surface area contributed by atoms with Gasteiger partial charge in [-0.25, -0.2) is 18.6 Å². The third-order valence-corrected chi connectivity index (χ3v) is 7.09. The van der Waals surface area contributed by atoms with E-state index in [1.54, 1.807) is 75.4 Å². The number of sulfonamides is 1. The van der Waals surface area contributed by atoms with Gasteiger partial charge in [-0.3, -0.25) is 9.10 Å². The summed E-state index contributed by atoms with van der Waals surface area (Å²) in [5.74, 6) is -0.604. The highest BCUT2D eigenvalue weighted by atomic mass is 32.2. The van der Waals surface area contributed by atoms with E-state index in [4.69, 9.17) is 9.47 Å². The first kappa shape index (κ1) is 29.4. The van der Waals surface area contributed by atoms with Crippen LogP contribution in [0, 0.1) is 0 Å². The van der Waals surface area contributed by atoms with E-state index >= 15 is 0 Å². The summed E-state index contributed by atoms with van der Waals surface area (Å²) in [7, 11) is -4.01. The predicted molar refractivity (Wildman–Crippen MR) is 150 cm³/mol. The van der Waals surface area contributed by atoms with Crippen LogP contribution >= 0.6 is 0 Å². The van der Waals surface area contributed by atoms with Crippen LogP contribution < -0.4 is 14.5 Å². The summed E-state index contributed by atoms with van der Waals surface area (Å²) in [6.07, 6.45) is 2.01. The van der Waals surface area contributed by atoms with Crippen LogP contribution in [0.1, 0.15) is 38.8 Å². The van der Waals surface area contributed by atoms with E-state index in [0.29, 0.717) is 23.4 Å². The number of ether oxygens (including phenoxy) is 2. The molecule has 0 radical (unpaired) electrons. The molecule has 206 valence electrons. The molecule has 9 nitrogen and oxygen atoms in total. The summed E-state index contributed by atoms with van der Waals surface area (Å²) in [6, 6.07) is 21.8. The Hall–Kier alpha value is -4.18. The number of para-hydroxylation sites is 1. The van der Waals surface area contributed by atoms with E-state index in [0.717, 1.165) is 9.87 Å². The Morgan fingerprint density at radius 1 is 0.949 bits per heavy atom. The van der Waals surface area contributed by atoms with Crippen LogP contribution in [-0.2, 0) is 30.8 Å². The number of rotatable bonds is 11. The van der Waals surface area contributed by atoms with E-state index in [-0.39, 0.29) is 11.5 Å². The molecular formula is C29H33N3O6S. The standard InChI is InChI=1S/C29H33N3O6S/c1-5-23-11-9-10-14-26(23)32(39(35,36)25-12-7-6-8-13-25)20-27(33)31-30-19-22-15-17-24(18-16-22)37-21-28(34)38-29(2,3)4/h6-19H,5,20-21H2,1-4H3,(H,31,33)/b30-19-. The van der Waals surface area contributed by atoms with Crippen molar-refractivity contribution in [2.24, 2.45) is 5.10 Å². The molecule has 0 aliphatic carbocycles. The zero-order valence-electron chi connectivity index (χ0n) is 22.5. The first-order valence-corrected chi connectivity index (χ1v) is 13.9. The van der Waals surface area contributed by atoms with E-state index < -0.39 is 34.0 Å². The van der Waals surface area contributed by atoms with Crippen molar-refractivity contribution in [3.05, 3.63) is 90.0 Å². The molecule has 0 aliphatic heterocycles. The van der Waals surface area contributed by atoms with Gasteiger partial charge < -0.3 is 9.47 Å². The highest BCUT2D eigenvalue weighted by Gasteiger charge is 2.28. The number of carbonyl (C=O) groups is 2. The number of aryl methyl sites for hydroxylation is 1. The molecule has 0 atom stereocenters. The number of anilines is 1. The largest absolute Gasteiger partial charge is 0.482 e. The second-order valence-corrected chi connectivity index (χ2v) is 11.4. The molecule has 1 N–H and O–H groups in total. The molecule has 0 saturated carbocycles. The fourth-order valence-electron chi connectivity index (χ4n) is 3.58. The molecule has 3 aromatic carbocycles. The first-order valence-electron chi connectivity index (χ1n) is 12.4. The fourth-order valence-corrected chi connectivity index (χ4v) is 5.06. The normalized spacial score (nSPS) is 11.7. The monoisotopic (exact) mass is 551 g/mol. The van der Waals surface area contributed by atoms with Crippen LogP contribution in [0.5, 0.6) is 5.75 Å². The Labute approximate surface area is 229 Å². The van der Waals surface area contributed by atoms with Crippen LogP contribution in [0.4, 0.5) is 5.69 Å². The van der Waals surface area contributed by atoms with Crippen LogP contribution in [0.25, 0.3) is 0 Å². The zero-order valence-corrected chi connectivity index (χ0v) is 23.3. The highest BCUT2D eigenvalue weighted by Crippen LogP contribution is 2.27. The molecule has 0 unspecified atom stereocenters. The van der Waals surface area contributed by atoms with Gasteiger partial charge in [-0.15, -0.1) is 0 Å². The number of hydrogen-bond donors (Lipinski definition) is 1. The number of amides is 1. The van der Waals surface area contributed by atoms with Crippen molar-refractivity contribution in [2.75, 3.05) is 17.5 Å². The molecule has 39 heavy (non-hydrogen) atoms. The molecule has 0 spiro atoms. The third-order valence-electron chi connectivity index (χ3n) is 5.32. The van der Waals surface area contributed by atoms with Gasteiger partial charge in [0, 0.05) is 0 Å². The van der Waals surface area contributed by atoms with Gasteiger partial charge in [-0.05, 0) is 80.8 Å². The van der Waals surface area contributed by atoms with E-state index in [1.165, 1.54) is 18.3 Å². The van der Waals surface area contributed by atoms with Crippen molar-refractivity contribution in [3.8, 4) is 5.75 Å². The van der Waals surface area contributed by atoms with Crippen molar-refractivity contribution in [1.29, 1.82) is 0 Å². The summed E-state index contributed by atoms with van der Waals surface area (Å²) in [6.45, 7) is 6.59. The Morgan fingerprint density at radius 3 is 2.23 bits per heavy atom. The van der Waals surface area contributed by atoms with E-state index in [9.17, 15) is 18.0 Å². The number of benzene rings is 3. The quantitative estimate of drug-likeness (QED) is 0.216. The van der Waals surface area contributed by atoms with Gasteiger partial charge >= 0.3 is 5.97 Å². The summed E-state index contributed by atoms with van der Waals surface area (Å²) in [5.41, 5.74) is 3.70. The molecule has 0 fully saturated rings. The second kappa shape index (κ2) is 13.1. The van der Waals surface area contributed by atoms with Crippen molar-refractivity contribution in [3.63, 3.8) is 0 Å². The number of nitrogens with zero attached hydrogens (tertiary/aromatic N) is 2. The average Bonchev–Trinajstić information content (AvgIpc) is 2.91. The molecule has 0 bridgehead atoms. The van der Waals surface area contributed by atoms with Crippen LogP contribution in [0.15, 0.2) is 88.9 Å². The van der Waals surface area contributed by atoms with E-state index in [1.807, 2.05) is 19.1 Å². The van der Waals surface area contributed by atoms with Crippen molar-refractivity contribution < 1.29 is 27.5 Å². The van der Waals surface area contributed by atoms with Gasteiger partial charge in [0.2, 0.25) is 0 Å². The van der Waals surface area contributed by atoms with E-state index in [2.05, 4.69) is 10.5 Å². The molecule has 10 heteroatoms. The SMILES string of the molecule is CCc1ccccc1N(CC(=O)N/N=C\c1ccc(OCC(=O)OC(C)(C)C)cc1)S(=O)(=O)c1ccccc1. The first-order chi connectivity index (χ1) is 18.5. The zero-order chi connectivity index (χ0) is 28.5. The van der Waals surface area contributed by atoms with Crippen molar-refractivity contribution in [1.82, 2.24) is 5.43 Å². The smallest absolute Gasteiger partial charge is 0.344 e. The highest BCUT2D eigenvalue weighted by molar-refractivity contribution is 7.92. The minimum atomic E-state index is -4.01. The lowest BCUT2D eigenvalue weighted by Crippen LogP contribution is -2.40. The predicted octanol–water partition coefficient (Wildman–Crippen LogP) is 4.32. The minimum Gasteiger partial charge on any atom is -0.482 e. The number of nitrogens with one attached hydrogen (secondary N) is 1. The average molecular weight is 552 g/mol. The minimum absolute atomic E-state index is 0.0844. The molecule has 3 rings (SSSR count). The molecule has 0 aliphatic rings. The van der Waals surface area contributed by atoms with Gasteiger partial charge in [-0.1, -0.05) is 43.3 Å². The summed E-state index contributed by atoms with van der Waals surface area (Å²) in [5, 5.41) is 3.97. The Bertz CT molecular complexity index is 1400. The number of hydrazone groups is 1. The molecule has 0 heterocycles. The topological polar surface area (TPSA) is 114 Å².